The molecule has 0 saturated carbocycles. The Bertz CT molecular complexity index is 803. The van der Waals surface area contributed by atoms with E-state index >= 15 is 0 Å². The van der Waals surface area contributed by atoms with Crippen LogP contribution in [0.4, 0.5) is 0 Å². The summed E-state index contributed by atoms with van der Waals surface area (Å²) < 4.78 is 5.20. The summed E-state index contributed by atoms with van der Waals surface area (Å²) in [6, 6.07) is 18.0. The Kier molecular flexibility index (Phi) is 6.69. The van der Waals surface area contributed by atoms with Crippen LogP contribution in [0.15, 0.2) is 60.7 Å². The van der Waals surface area contributed by atoms with E-state index in [-0.39, 0.29) is 6.61 Å². The molecule has 1 N–H and O–H groups in total. The molecule has 148 valence electrons. The topological polar surface area (TPSA) is 46.5 Å². The Balaban J connectivity index is 1.46. The van der Waals surface area contributed by atoms with E-state index in [0.717, 1.165) is 24.0 Å². The van der Waals surface area contributed by atoms with E-state index in [1.54, 1.807) is 0 Å². The van der Waals surface area contributed by atoms with Gasteiger partial charge in [-0.15, -0.1) is 0 Å². The van der Waals surface area contributed by atoms with Gasteiger partial charge in [0.15, 0.2) is 6.10 Å². The number of aliphatic hydroxyl groups excluding tert-OH is 1. The van der Waals surface area contributed by atoms with Gasteiger partial charge in [0.1, 0.15) is 6.61 Å². The highest BCUT2D eigenvalue weighted by Gasteiger charge is 2.22. The SMILES string of the molecule is CC1(C)CC=C(c2ccc(CC[C@@H](O)C(=O)OCc3ccccc3)cc2)CC1. The van der Waals surface area contributed by atoms with Crippen LogP contribution in [-0.4, -0.2) is 17.2 Å². The molecule has 0 fully saturated rings. The number of allylic oxidation sites excluding steroid dienone is 2. The number of carbonyl (C=O) groups excluding carboxylic acids is 1. The van der Waals surface area contributed by atoms with E-state index in [2.05, 4.69) is 44.2 Å². The van der Waals surface area contributed by atoms with Crippen molar-refractivity contribution >= 4 is 11.5 Å². The van der Waals surface area contributed by atoms with Crippen molar-refractivity contribution in [2.24, 2.45) is 5.41 Å². The minimum Gasteiger partial charge on any atom is -0.459 e. The monoisotopic (exact) mass is 378 g/mol. The molecule has 2 aromatic carbocycles. The Morgan fingerprint density at radius 3 is 2.43 bits per heavy atom. The number of rotatable bonds is 7. The van der Waals surface area contributed by atoms with Gasteiger partial charge in [-0.2, -0.15) is 0 Å². The summed E-state index contributed by atoms with van der Waals surface area (Å²) in [6.07, 6.45) is 5.76. The first kappa shape index (κ1) is 20.3. The predicted octanol–water partition coefficient (Wildman–Crippen LogP) is 5.32. The zero-order valence-corrected chi connectivity index (χ0v) is 16.9. The van der Waals surface area contributed by atoms with E-state index in [9.17, 15) is 9.90 Å². The van der Waals surface area contributed by atoms with Gasteiger partial charge in [0.2, 0.25) is 0 Å². The van der Waals surface area contributed by atoms with Crippen molar-refractivity contribution in [3.8, 4) is 0 Å². The van der Waals surface area contributed by atoms with E-state index in [4.69, 9.17) is 4.74 Å². The van der Waals surface area contributed by atoms with Crippen LogP contribution in [0.2, 0.25) is 0 Å². The second kappa shape index (κ2) is 9.20. The maximum absolute atomic E-state index is 12.0. The van der Waals surface area contributed by atoms with E-state index in [1.165, 1.54) is 17.6 Å². The normalized spacial score (nSPS) is 16.9. The molecular weight excluding hydrogens is 348 g/mol. The molecule has 0 heterocycles. The first-order chi connectivity index (χ1) is 13.4. The number of hydrogen-bond acceptors (Lipinski definition) is 3. The van der Waals surface area contributed by atoms with Gasteiger partial charge >= 0.3 is 5.97 Å². The van der Waals surface area contributed by atoms with Crippen molar-refractivity contribution in [1.82, 2.24) is 0 Å². The molecule has 1 aliphatic rings. The highest BCUT2D eigenvalue weighted by atomic mass is 16.5. The molecule has 0 amide bonds. The van der Waals surface area contributed by atoms with Crippen molar-refractivity contribution < 1.29 is 14.6 Å². The summed E-state index contributed by atoms with van der Waals surface area (Å²) in [4.78, 5) is 12.0. The zero-order chi connectivity index (χ0) is 20.0. The lowest BCUT2D eigenvalue weighted by atomic mass is 9.77. The molecule has 0 aromatic heterocycles. The number of hydrogen-bond donors (Lipinski definition) is 1. The van der Waals surface area contributed by atoms with Gasteiger partial charge in [0.25, 0.3) is 0 Å². The fourth-order valence-corrected chi connectivity index (χ4v) is 3.47. The summed E-state index contributed by atoms with van der Waals surface area (Å²) in [6.45, 7) is 4.83. The standard InChI is InChI=1S/C25H30O3/c1-25(2)16-14-22(15-17-25)21-11-8-19(9-12-21)10-13-23(26)24(27)28-18-20-6-4-3-5-7-20/h3-9,11-12,14,23,26H,10,13,15-18H2,1-2H3/t23-/m1/s1. The number of ether oxygens (including phenoxy) is 1. The minimum atomic E-state index is -1.09. The molecule has 1 aliphatic carbocycles. The molecule has 0 aliphatic heterocycles. The Morgan fingerprint density at radius 1 is 1.07 bits per heavy atom. The first-order valence-corrected chi connectivity index (χ1v) is 10.1. The van der Waals surface area contributed by atoms with Gasteiger partial charge in [-0.25, -0.2) is 4.79 Å². The molecule has 1 atom stereocenters. The van der Waals surface area contributed by atoms with Crippen LogP contribution in [-0.2, 0) is 22.6 Å². The maximum atomic E-state index is 12.0. The van der Waals surface area contributed by atoms with Crippen molar-refractivity contribution in [3.63, 3.8) is 0 Å². The lowest BCUT2D eigenvalue weighted by Gasteiger charge is -2.28. The molecule has 0 bridgehead atoms. The lowest BCUT2D eigenvalue weighted by molar-refractivity contribution is -0.155. The van der Waals surface area contributed by atoms with Crippen molar-refractivity contribution in [2.45, 2.75) is 58.7 Å². The summed E-state index contributed by atoms with van der Waals surface area (Å²) in [5.74, 6) is -0.560. The smallest absolute Gasteiger partial charge is 0.335 e. The Morgan fingerprint density at radius 2 is 1.79 bits per heavy atom. The summed E-state index contributed by atoms with van der Waals surface area (Å²) in [5, 5.41) is 10.1. The Hall–Kier alpha value is -2.39. The molecule has 3 rings (SSSR count). The van der Waals surface area contributed by atoms with Crippen LogP contribution in [0.5, 0.6) is 0 Å². The fraction of sp³-hybridized carbons (Fsp3) is 0.400. The van der Waals surface area contributed by atoms with Gasteiger partial charge < -0.3 is 9.84 Å². The number of aliphatic hydroxyl groups is 1. The molecule has 0 saturated heterocycles. The molecule has 3 nitrogen and oxygen atoms in total. The summed E-state index contributed by atoms with van der Waals surface area (Å²) in [5.41, 5.74) is 5.15. The second-order valence-electron chi connectivity index (χ2n) is 8.44. The third kappa shape index (κ3) is 5.80. The van der Waals surface area contributed by atoms with Crippen LogP contribution >= 0.6 is 0 Å². The van der Waals surface area contributed by atoms with E-state index in [1.807, 2.05) is 30.3 Å². The largest absolute Gasteiger partial charge is 0.459 e. The maximum Gasteiger partial charge on any atom is 0.335 e. The van der Waals surface area contributed by atoms with Crippen molar-refractivity contribution in [2.75, 3.05) is 0 Å². The van der Waals surface area contributed by atoms with Crippen LogP contribution in [0, 0.1) is 5.41 Å². The quantitative estimate of drug-likeness (QED) is 0.664. The summed E-state index contributed by atoms with van der Waals surface area (Å²) in [7, 11) is 0. The Labute approximate surface area is 168 Å². The minimum absolute atomic E-state index is 0.192. The van der Waals surface area contributed by atoms with Gasteiger partial charge in [0.05, 0.1) is 0 Å². The van der Waals surface area contributed by atoms with E-state index in [0.29, 0.717) is 18.3 Å². The molecular formula is C25H30O3. The molecule has 0 radical (unpaired) electrons. The van der Waals surface area contributed by atoms with Gasteiger partial charge in [-0.3, -0.25) is 0 Å². The van der Waals surface area contributed by atoms with Gasteiger partial charge in [-0.1, -0.05) is 74.5 Å². The first-order valence-electron chi connectivity index (χ1n) is 10.1. The third-order valence-corrected chi connectivity index (χ3v) is 5.50. The average molecular weight is 379 g/mol. The van der Waals surface area contributed by atoms with Crippen molar-refractivity contribution in [3.05, 3.63) is 77.4 Å². The number of carbonyl (C=O) groups is 1. The van der Waals surface area contributed by atoms with Crippen molar-refractivity contribution in [1.29, 1.82) is 0 Å². The third-order valence-electron chi connectivity index (χ3n) is 5.50. The number of benzene rings is 2. The number of aryl methyl sites for hydroxylation is 1. The molecule has 0 unspecified atom stereocenters. The predicted molar refractivity (Wildman–Crippen MR) is 113 cm³/mol. The summed E-state index contributed by atoms with van der Waals surface area (Å²) >= 11 is 0. The van der Waals surface area contributed by atoms with Crippen LogP contribution in [0.3, 0.4) is 0 Å². The zero-order valence-electron chi connectivity index (χ0n) is 16.9. The van der Waals surface area contributed by atoms with Crippen LogP contribution in [0.1, 0.15) is 56.2 Å². The molecule has 3 heteroatoms. The number of esters is 1. The highest BCUT2D eigenvalue weighted by Crippen LogP contribution is 2.37. The molecule has 28 heavy (non-hydrogen) atoms. The second-order valence-corrected chi connectivity index (χ2v) is 8.44. The lowest BCUT2D eigenvalue weighted by Crippen LogP contribution is -2.23. The molecule has 2 aromatic rings. The fourth-order valence-electron chi connectivity index (χ4n) is 3.47. The van der Waals surface area contributed by atoms with Gasteiger partial charge in [-0.05, 0) is 59.8 Å². The van der Waals surface area contributed by atoms with E-state index < -0.39 is 12.1 Å². The van der Waals surface area contributed by atoms with Crippen LogP contribution in [0.25, 0.3) is 5.57 Å². The molecule has 0 spiro atoms. The van der Waals surface area contributed by atoms with Crippen LogP contribution < -0.4 is 0 Å². The highest BCUT2D eigenvalue weighted by molar-refractivity contribution is 5.74. The average Bonchev–Trinajstić information content (AvgIpc) is 2.71. The van der Waals surface area contributed by atoms with Gasteiger partial charge in [0, 0.05) is 0 Å².